The maximum Gasteiger partial charge on any atom is 0.0167 e. The van der Waals surface area contributed by atoms with Gasteiger partial charge >= 0.3 is 0 Å². The summed E-state index contributed by atoms with van der Waals surface area (Å²) >= 11 is 0. The predicted molar refractivity (Wildman–Crippen MR) is 99.1 cm³/mol. The molecular formula is C22H31. The Morgan fingerprint density at radius 2 is 1.45 bits per heavy atom. The zero-order valence-electron chi connectivity index (χ0n) is 14.5. The zero-order valence-corrected chi connectivity index (χ0v) is 14.5. The Balaban J connectivity index is 2.15. The standard InChI is InChI=1S/C22H31/c1-4-7-9-12-19-16-21-14-18(11-6-3)15-22(21)17-20(19)13-10-8-5-2/h6,14-17H,3-5,7-13H2,1-2H3. The molecule has 0 aliphatic heterocycles. The maximum absolute atomic E-state index is 3.86. The van der Waals surface area contributed by atoms with Crippen molar-refractivity contribution in [3.8, 4) is 0 Å². The van der Waals surface area contributed by atoms with Crippen molar-refractivity contribution in [2.75, 3.05) is 0 Å². The number of hydrogen-bond acceptors (Lipinski definition) is 0. The van der Waals surface area contributed by atoms with E-state index < -0.39 is 0 Å². The average Bonchev–Trinajstić information content (AvgIpc) is 2.89. The van der Waals surface area contributed by atoms with Gasteiger partial charge in [-0.3, -0.25) is 0 Å². The monoisotopic (exact) mass is 295 g/mol. The van der Waals surface area contributed by atoms with E-state index in [0.717, 1.165) is 6.42 Å². The molecule has 1 radical (unpaired) electrons. The van der Waals surface area contributed by atoms with Crippen molar-refractivity contribution in [2.24, 2.45) is 0 Å². The fraction of sp³-hybridized carbons (Fsp3) is 0.500. The third-order valence-corrected chi connectivity index (χ3v) is 4.57. The first-order chi connectivity index (χ1) is 10.8. The Kier molecular flexibility index (Phi) is 6.96. The smallest absolute Gasteiger partial charge is 0.0167 e. The number of allylic oxidation sites excluding steroid dienone is 2. The van der Waals surface area contributed by atoms with Crippen molar-refractivity contribution >= 4 is 6.08 Å². The quantitative estimate of drug-likeness (QED) is 0.334. The van der Waals surface area contributed by atoms with Crippen LogP contribution in [-0.4, -0.2) is 0 Å². The van der Waals surface area contributed by atoms with Crippen molar-refractivity contribution in [3.63, 3.8) is 0 Å². The van der Waals surface area contributed by atoms with Gasteiger partial charge in [0.25, 0.3) is 0 Å². The molecule has 1 aromatic carbocycles. The normalized spacial score (nSPS) is 13.1. The van der Waals surface area contributed by atoms with Gasteiger partial charge in [-0.2, -0.15) is 0 Å². The van der Waals surface area contributed by atoms with Crippen LogP contribution in [-0.2, 0) is 12.8 Å². The largest absolute Gasteiger partial charge is 0.103 e. The van der Waals surface area contributed by atoms with Crippen LogP contribution in [0.4, 0.5) is 0 Å². The van der Waals surface area contributed by atoms with Crippen LogP contribution in [0, 0.1) is 6.42 Å². The highest BCUT2D eigenvalue weighted by Gasteiger charge is 2.15. The van der Waals surface area contributed by atoms with E-state index in [4.69, 9.17) is 0 Å². The molecule has 0 heteroatoms. The lowest BCUT2D eigenvalue weighted by molar-refractivity contribution is 0.693. The highest BCUT2D eigenvalue weighted by atomic mass is 14.2. The molecule has 1 aromatic rings. The summed E-state index contributed by atoms with van der Waals surface area (Å²) in [7, 11) is 0. The minimum absolute atomic E-state index is 0.977. The van der Waals surface area contributed by atoms with Crippen molar-refractivity contribution < 1.29 is 0 Å². The molecule has 0 saturated carbocycles. The first-order valence-corrected chi connectivity index (χ1v) is 9.10. The molecular weight excluding hydrogens is 264 g/mol. The van der Waals surface area contributed by atoms with Crippen LogP contribution in [0.25, 0.3) is 6.08 Å². The van der Waals surface area contributed by atoms with Gasteiger partial charge in [0, 0.05) is 6.42 Å². The molecule has 119 valence electrons. The summed E-state index contributed by atoms with van der Waals surface area (Å²) in [6, 6.07) is 4.91. The number of fused-ring (bicyclic) bond motifs is 1. The second-order valence-electron chi connectivity index (χ2n) is 6.52. The second kappa shape index (κ2) is 8.98. The van der Waals surface area contributed by atoms with Gasteiger partial charge in [0.05, 0.1) is 0 Å². The Morgan fingerprint density at radius 1 is 0.864 bits per heavy atom. The molecule has 0 heterocycles. The van der Waals surface area contributed by atoms with Crippen molar-refractivity contribution in [1.29, 1.82) is 0 Å². The number of aryl methyl sites for hydroxylation is 2. The highest BCUT2D eigenvalue weighted by molar-refractivity contribution is 5.71. The van der Waals surface area contributed by atoms with E-state index in [1.54, 1.807) is 11.1 Å². The van der Waals surface area contributed by atoms with Gasteiger partial charge in [0.15, 0.2) is 0 Å². The molecule has 0 unspecified atom stereocenters. The summed E-state index contributed by atoms with van der Waals surface area (Å²) in [4.78, 5) is 0. The summed E-state index contributed by atoms with van der Waals surface area (Å²) < 4.78 is 0. The topological polar surface area (TPSA) is 0 Å². The molecule has 0 atom stereocenters. The Morgan fingerprint density at radius 3 is 2.00 bits per heavy atom. The van der Waals surface area contributed by atoms with Crippen LogP contribution >= 0.6 is 0 Å². The van der Waals surface area contributed by atoms with Gasteiger partial charge in [-0.1, -0.05) is 69.4 Å². The molecule has 0 aromatic heterocycles. The number of hydrogen-bond donors (Lipinski definition) is 0. The molecule has 0 amide bonds. The fourth-order valence-corrected chi connectivity index (χ4v) is 3.30. The summed E-state index contributed by atoms with van der Waals surface area (Å²) in [6.45, 7) is 8.42. The third-order valence-electron chi connectivity index (χ3n) is 4.57. The van der Waals surface area contributed by atoms with Crippen LogP contribution in [0.1, 0.15) is 81.0 Å². The summed E-state index contributed by atoms with van der Waals surface area (Å²) in [5.41, 5.74) is 7.42. The molecule has 2 rings (SSSR count). The van der Waals surface area contributed by atoms with Gasteiger partial charge in [0.2, 0.25) is 0 Å². The molecule has 1 aliphatic carbocycles. The minimum atomic E-state index is 0.977. The van der Waals surface area contributed by atoms with Crippen LogP contribution in [0.5, 0.6) is 0 Å². The molecule has 22 heavy (non-hydrogen) atoms. The van der Waals surface area contributed by atoms with Crippen molar-refractivity contribution in [2.45, 2.75) is 71.6 Å². The summed E-state index contributed by atoms with van der Waals surface area (Å²) in [5, 5.41) is 0. The SMILES string of the molecule is C=CCC1=Cc2cc(CCCCC)c(CCCCC)cc2[CH]1. The lowest BCUT2D eigenvalue weighted by atomic mass is 9.93. The summed E-state index contributed by atoms with van der Waals surface area (Å²) in [5.74, 6) is 0. The average molecular weight is 295 g/mol. The molecule has 0 fully saturated rings. The van der Waals surface area contributed by atoms with E-state index in [1.807, 2.05) is 6.08 Å². The zero-order chi connectivity index (χ0) is 15.8. The lowest BCUT2D eigenvalue weighted by Gasteiger charge is -2.13. The first-order valence-electron chi connectivity index (χ1n) is 9.10. The van der Waals surface area contributed by atoms with Gasteiger partial charge < -0.3 is 0 Å². The van der Waals surface area contributed by atoms with Crippen molar-refractivity contribution in [3.05, 3.63) is 59.0 Å². The number of benzene rings is 1. The van der Waals surface area contributed by atoms with E-state index >= 15 is 0 Å². The molecule has 0 spiro atoms. The van der Waals surface area contributed by atoms with E-state index in [0.29, 0.717) is 0 Å². The van der Waals surface area contributed by atoms with Crippen LogP contribution in [0.15, 0.2) is 30.4 Å². The predicted octanol–water partition coefficient (Wildman–Crippen LogP) is 6.68. The third kappa shape index (κ3) is 4.60. The van der Waals surface area contributed by atoms with Gasteiger partial charge in [-0.05, 0) is 54.4 Å². The van der Waals surface area contributed by atoms with Crippen LogP contribution in [0.2, 0.25) is 0 Å². The Hall–Kier alpha value is -1.30. The van der Waals surface area contributed by atoms with Crippen molar-refractivity contribution in [1.82, 2.24) is 0 Å². The molecule has 0 saturated heterocycles. The Labute approximate surface area is 137 Å². The van der Waals surface area contributed by atoms with E-state index in [9.17, 15) is 0 Å². The van der Waals surface area contributed by atoms with E-state index in [1.165, 1.54) is 68.1 Å². The molecule has 0 nitrogen and oxygen atoms in total. The van der Waals surface area contributed by atoms with Gasteiger partial charge in [0.1, 0.15) is 0 Å². The highest BCUT2D eigenvalue weighted by Crippen LogP contribution is 2.32. The summed E-state index contributed by atoms with van der Waals surface area (Å²) in [6.07, 6.45) is 18.1. The fourth-order valence-electron chi connectivity index (χ4n) is 3.30. The minimum Gasteiger partial charge on any atom is -0.103 e. The Bertz CT molecular complexity index is 519. The van der Waals surface area contributed by atoms with Crippen LogP contribution in [0.3, 0.4) is 0 Å². The molecule has 0 bridgehead atoms. The molecule has 1 aliphatic rings. The maximum atomic E-state index is 3.86. The number of rotatable bonds is 10. The van der Waals surface area contributed by atoms with Crippen LogP contribution < -0.4 is 0 Å². The lowest BCUT2D eigenvalue weighted by Crippen LogP contribution is -1.98. The molecule has 0 N–H and O–H groups in total. The van der Waals surface area contributed by atoms with E-state index in [-0.39, 0.29) is 0 Å². The first kappa shape index (κ1) is 17.1. The number of unbranched alkanes of at least 4 members (excludes halogenated alkanes) is 4. The second-order valence-corrected chi connectivity index (χ2v) is 6.52. The van der Waals surface area contributed by atoms with E-state index in [2.05, 4.69) is 45.1 Å². The van der Waals surface area contributed by atoms with Gasteiger partial charge in [-0.15, -0.1) is 6.58 Å². The van der Waals surface area contributed by atoms with Gasteiger partial charge in [-0.25, -0.2) is 0 Å².